The summed E-state index contributed by atoms with van der Waals surface area (Å²) < 4.78 is 1.82. The van der Waals surface area contributed by atoms with Crippen LogP contribution in [-0.4, -0.2) is 15.5 Å². The number of aryl methyl sites for hydroxylation is 1. The summed E-state index contributed by atoms with van der Waals surface area (Å²) in [5, 5.41) is 1.03. The van der Waals surface area contributed by atoms with Gasteiger partial charge in [0, 0.05) is 35.5 Å². The van der Waals surface area contributed by atoms with Crippen LogP contribution < -0.4 is 0 Å². The summed E-state index contributed by atoms with van der Waals surface area (Å²) in [6.45, 7) is 5.88. The fourth-order valence-electron chi connectivity index (χ4n) is 2.34. The summed E-state index contributed by atoms with van der Waals surface area (Å²) in [5.41, 5.74) is 3.98. The molecule has 0 unspecified atom stereocenters. The molecule has 0 aromatic carbocycles. The Hall–Kier alpha value is -1.90. The maximum atomic E-state index is 11.8. The Bertz CT molecular complexity index is 622. The zero-order chi connectivity index (χ0) is 11.3. The molecule has 2 aromatic rings. The van der Waals surface area contributed by atoms with Crippen LogP contribution in [0, 0.1) is 0 Å². The van der Waals surface area contributed by atoms with Gasteiger partial charge >= 0.3 is 0 Å². The van der Waals surface area contributed by atoms with Crippen molar-refractivity contribution in [2.75, 3.05) is 0 Å². The fourth-order valence-corrected chi connectivity index (χ4v) is 2.34. The molecule has 0 saturated carbocycles. The molecule has 80 valence electrons. The molecule has 0 spiro atoms. The number of rotatable bonds is 1. The van der Waals surface area contributed by atoms with Gasteiger partial charge in [0.05, 0.1) is 5.52 Å². The first-order valence-corrected chi connectivity index (χ1v) is 5.36. The Kier molecular flexibility index (Phi) is 1.78. The van der Waals surface area contributed by atoms with Crippen molar-refractivity contribution in [3.05, 3.63) is 36.3 Å². The number of allylic oxidation sites excluding steroid dienone is 1. The van der Waals surface area contributed by atoms with Gasteiger partial charge < -0.3 is 0 Å². The largest absolute Gasteiger partial charge is 0.283 e. The zero-order valence-electron chi connectivity index (χ0n) is 9.16. The summed E-state index contributed by atoms with van der Waals surface area (Å²) in [4.78, 5) is 16.0. The van der Waals surface area contributed by atoms with Crippen LogP contribution in [0.2, 0.25) is 0 Å². The predicted octanol–water partition coefficient (Wildman–Crippen LogP) is 2.66. The Morgan fingerprint density at radius 3 is 3.00 bits per heavy atom. The molecule has 0 atom stereocenters. The molecule has 1 aliphatic heterocycles. The van der Waals surface area contributed by atoms with Crippen molar-refractivity contribution >= 4 is 22.4 Å². The summed E-state index contributed by atoms with van der Waals surface area (Å²) in [5.74, 6) is 0.179. The molecule has 0 bridgehead atoms. The Morgan fingerprint density at radius 2 is 2.25 bits per heavy atom. The minimum atomic E-state index is 0.179. The topological polar surface area (TPSA) is 34.9 Å². The molecule has 3 nitrogen and oxygen atoms in total. The molecule has 3 heterocycles. The number of pyridine rings is 1. The lowest BCUT2D eigenvalue weighted by Gasteiger charge is -2.05. The van der Waals surface area contributed by atoms with Crippen LogP contribution in [0.15, 0.2) is 25.0 Å². The van der Waals surface area contributed by atoms with E-state index in [1.165, 1.54) is 0 Å². The highest BCUT2D eigenvalue weighted by atomic mass is 16.2. The molecule has 2 aromatic heterocycles. The number of carbonyl (C=O) groups excluding carboxylic acids is 1. The first-order chi connectivity index (χ1) is 7.68. The van der Waals surface area contributed by atoms with Gasteiger partial charge in [0.2, 0.25) is 5.91 Å². The van der Waals surface area contributed by atoms with Gasteiger partial charge in [-0.25, -0.2) is 0 Å². The second kappa shape index (κ2) is 3.04. The SMILES string of the molecule is C=C(C)c1cncc2cc3n(c12)C(=O)CC3. The van der Waals surface area contributed by atoms with Crippen molar-refractivity contribution in [1.29, 1.82) is 0 Å². The molecule has 0 amide bonds. The standard InChI is InChI=1S/C13H12N2O/c1-8(2)11-7-14-6-9-5-10-3-4-12(16)15(10)13(9)11/h5-7H,1,3-4H2,2H3. The van der Waals surface area contributed by atoms with E-state index in [9.17, 15) is 4.79 Å². The molecule has 3 rings (SSSR count). The van der Waals surface area contributed by atoms with E-state index in [-0.39, 0.29) is 5.91 Å². The van der Waals surface area contributed by atoms with E-state index in [1.54, 1.807) is 12.4 Å². The van der Waals surface area contributed by atoms with E-state index < -0.39 is 0 Å². The maximum absolute atomic E-state index is 11.8. The van der Waals surface area contributed by atoms with Gasteiger partial charge in [-0.3, -0.25) is 14.3 Å². The molecule has 0 N–H and O–H groups in total. The third-order valence-corrected chi connectivity index (χ3v) is 3.08. The van der Waals surface area contributed by atoms with Gasteiger partial charge in [-0.1, -0.05) is 6.58 Å². The van der Waals surface area contributed by atoms with Crippen LogP contribution in [0.4, 0.5) is 0 Å². The monoisotopic (exact) mass is 212 g/mol. The number of carbonyl (C=O) groups is 1. The van der Waals surface area contributed by atoms with Gasteiger partial charge in [-0.05, 0) is 25.0 Å². The highest BCUT2D eigenvalue weighted by molar-refractivity contribution is 6.00. The lowest BCUT2D eigenvalue weighted by atomic mass is 10.1. The van der Waals surface area contributed by atoms with Crippen molar-refractivity contribution < 1.29 is 4.79 Å². The Labute approximate surface area is 93.4 Å². The third kappa shape index (κ3) is 1.08. The van der Waals surface area contributed by atoms with Gasteiger partial charge in [0.15, 0.2) is 0 Å². The second-order valence-corrected chi connectivity index (χ2v) is 4.27. The molecule has 0 radical (unpaired) electrons. The number of hydrogen-bond acceptors (Lipinski definition) is 2. The number of hydrogen-bond donors (Lipinski definition) is 0. The summed E-state index contributed by atoms with van der Waals surface area (Å²) in [6.07, 6.45) is 5.04. The lowest BCUT2D eigenvalue weighted by Crippen LogP contribution is -2.04. The van der Waals surface area contributed by atoms with Crippen molar-refractivity contribution in [3.8, 4) is 0 Å². The van der Waals surface area contributed by atoms with E-state index in [1.807, 2.05) is 11.5 Å². The summed E-state index contributed by atoms with van der Waals surface area (Å²) in [7, 11) is 0. The minimum Gasteiger partial charge on any atom is -0.283 e. The predicted molar refractivity (Wildman–Crippen MR) is 63.4 cm³/mol. The lowest BCUT2D eigenvalue weighted by molar-refractivity contribution is 0.0928. The molecule has 0 saturated heterocycles. The minimum absolute atomic E-state index is 0.179. The van der Waals surface area contributed by atoms with Crippen molar-refractivity contribution in [2.24, 2.45) is 0 Å². The quantitative estimate of drug-likeness (QED) is 0.728. The molecule has 16 heavy (non-hydrogen) atoms. The van der Waals surface area contributed by atoms with Crippen LogP contribution >= 0.6 is 0 Å². The molecular formula is C13H12N2O. The third-order valence-electron chi connectivity index (χ3n) is 3.08. The van der Waals surface area contributed by atoms with E-state index >= 15 is 0 Å². The molecular weight excluding hydrogens is 200 g/mol. The first-order valence-electron chi connectivity index (χ1n) is 5.36. The molecule has 1 aliphatic rings. The average Bonchev–Trinajstić information content (AvgIpc) is 2.77. The van der Waals surface area contributed by atoms with Gasteiger partial charge in [0.1, 0.15) is 0 Å². The van der Waals surface area contributed by atoms with E-state index in [0.29, 0.717) is 6.42 Å². The van der Waals surface area contributed by atoms with Gasteiger partial charge in [0.25, 0.3) is 0 Å². The van der Waals surface area contributed by atoms with Gasteiger partial charge in [-0.2, -0.15) is 0 Å². The van der Waals surface area contributed by atoms with Crippen LogP contribution in [0.1, 0.15) is 29.4 Å². The van der Waals surface area contributed by atoms with E-state index in [4.69, 9.17) is 0 Å². The second-order valence-electron chi connectivity index (χ2n) is 4.27. The van der Waals surface area contributed by atoms with Crippen LogP contribution in [-0.2, 0) is 6.42 Å². The molecule has 0 fully saturated rings. The normalized spacial score (nSPS) is 14.4. The zero-order valence-corrected chi connectivity index (χ0v) is 9.16. The Morgan fingerprint density at radius 1 is 1.44 bits per heavy atom. The highest BCUT2D eigenvalue weighted by Crippen LogP contribution is 2.30. The number of fused-ring (bicyclic) bond motifs is 3. The van der Waals surface area contributed by atoms with Crippen LogP contribution in [0.25, 0.3) is 16.5 Å². The van der Waals surface area contributed by atoms with Crippen LogP contribution in [0.3, 0.4) is 0 Å². The van der Waals surface area contributed by atoms with Crippen molar-refractivity contribution in [3.63, 3.8) is 0 Å². The number of nitrogens with zero attached hydrogens (tertiary/aromatic N) is 2. The summed E-state index contributed by atoms with van der Waals surface area (Å²) in [6, 6.07) is 2.06. The van der Waals surface area contributed by atoms with Crippen LogP contribution in [0.5, 0.6) is 0 Å². The van der Waals surface area contributed by atoms with Crippen molar-refractivity contribution in [2.45, 2.75) is 19.8 Å². The Balaban J connectivity index is 2.46. The summed E-state index contributed by atoms with van der Waals surface area (Å²) >= 11 is 0. The fraction of sp³-hybridized carbons (Fsp3) is 0.231. The maximum Gasteiger partial charge on any atom is 0.231 e. The highest BCUT2D eigenvalue weighted by Gasteiger charge is 2.23. The molecule has 3 heteroatoms. The smallest absolute Gasteiger partial charge is 0.231 e. The number of aromatic nitrogens is 2. The van der Waals surface area contributed by atoms with Gasteiger partial charge in [-0.15, -0.1) is 0 Å². The van der Waals surface area contributed by atoms with Crippen molar-refractivity contribution in [1.82, 2.24) is 9.55 Å². The first kappa shape index (κ1) is 9.33. The molecule has 0 aliphatic carbocycles. The van der Waals surface area contributed by atoms with E-state index in [2.05, 4.69) is 17.6 Å². The average molecular weight is 212 g/mol. The van der Waals surface area contributed by atoms with E-state index in [0.717, 1.165) is 34.2 Å².